The van der Waals surface area contributed by atoms with Crippen LogP contribution in [0.1, 0.15) is 25.7 Å². The van der Waals surface area contributed by atoms with Gasteiger partial charge in [-0.05, 0) is 18.9 Å². The molecule has 2 aliphatic heterocycles. The fourth-order valence-electron chi connectivity index (χ4n) is 4.25. The minimum absolute atomic E-state index is 0.0469. The van der Waals surface area contributed by atoms with E-state index in [0.29, 0.717) is 71.5 Å². The summed E-state index contributed by atoms with van der Waals surface area (Å²) in [6.45, 7) is 1.99. The first-order chi connectivity index (χ1) is 16.5. The van der Waals surface area contributed by atoms with Crippen LogP contribution in [0, 0.1) is 5.95 Å². The minimum atomic E-state index is -0.661. The Morgan fingerprint density at radius 2 is 1.85 bits per heavy atom. The molecule has 12 heteroatoms. The van der Waals surface area contributed by atoms with Crippen LogP contribution in [0.5, 0.6) is 5.88 Å². The van der Waals surface area contributed by atoms with Gasteiger partial charge in [-0.2, -0.15) is 9.37 Å². The zero-order chi connectivity index (χ0) is 23.8. The number of pyridine rings is 1. The van der Waals surface area contributed by atoms with Gasteiger partial charge in [-0.25, -0.2) is 4.98 Å². The third kappa shape index (κ3) is 4.03. The number of carbonyl (C=O) groups is 3. The molecule has 2 aromatic rings. The Morgan fingerprint density at radius 3 is 2.50 bits per heavy atom. The maximum absolute atomic E-state index is 14.9. The molecule has 0 unspecified atom stereocenters. The third-order valence-electron chi connectivity index (χ3n) is 5.94. The van der Waals surface area contributed by atoms with Crippen molar-refractivity contribution in [3.63, 3.8) is 0 Å². The van der Waals surface area contributed by atoms with Crippen LogP contribution in [0.15, 0.2) is 23.4 Å². The number of rotatable bonds is 5. The normalized spacial score (nSPS) is 18.9. The smallest absolute Gasteiger partial charge is 0.253 e. The molecular formula is C22H22FN5O5S. The second kappa shape index (κ2) is 9.11. The average molecular weight is 488 g/mol. The van der Waals surface area contributed by atoms with Gasteiger partial charge in [0, 0.05) is 37.2 Å². The summed E-state index contributed by atoms with van der Waals surface area (Å²) in [5.74, 6) is -1.39. The highest BCUT2D eigenvalue weighted by molar-refractivity contribution is 7.23. The SMILES string of the molecule is COc1nc(F)c(N2CCOCC2)c2sc(NC(=O)C3=CC=C(N4C(=O)CCC4=O)CC3)nc12. The average Bonchev–Trinajstić information content (AvgIpc) is 3.41. The van der Waals surface area contributed by atoms with E-state index in [-0.39, 0.29) is 36.4 Å². The molecule has 0 radical (unpaired) electrons. The van der Waals surface area contributed by atoms with Gasteiger partial charge in [0.15, 0.2) is 5.13 Å². The maximum atomic E-state index is 14.9. The Hall–Kier alpha value is -3.38. The zero-order valence-electron chi connectivity index (χ0n) is 18.4. The molecule has 3 amide bonds. The topological polar surface area (TPSA) is 114 Å². The summed E-state index contributed by atoms with van der Waals surface area (Å²) in [7, 11) is 1.39. The molecule has 2 aromatic heterocycles. The lowest BCUT2D eigenvalue weighted by atomic mass is 10.0. The number of likely N-dealkylation sites (tertiary alicyclic amines) is 1. The number of carbonyl (C=O) groups excluding carboxylic acids is 3. The second-order valence-electron chi connectivity index (χ2n) is 7.98. The van der Waals surface area contributed by atoms with E-state index >= 15 is 0 Å². The number of thiazole rings is 1. The summed E-state index contributed by atoms with van der Waals surface area (Å²) in [5.41, 5.74) is 1.79. The number of hydrogen-bond donors (Lipinski definition) is 1. The minimum Gasteiger partial charge on any atom is -0.479 e. The molecule has 0 spiro atoms. The molecular weight excluding hydrogens is 465 g/mol. The number of imide groups is 1. The van der Waals surface area contributed by atoms with Gasteiger partial charge in [-0.1, -0.05) is 17.4 Å². The van der Waals surface area contributed by atoms with Gasteiger partial charge in [-0.3, -0.25) is 24.6 Å². The predicted molar refractivity (Wildman–Crippen MR) is 122 cm³/mol. The van der Waals surface area contributed by atoms with Crippen molar-refractivity contribution in [2.75, 3.05) is 43.6 Å². The van der Waals surface area contributed by atoms with Gasteiger partial charge in [0.2, 0.25) is 23.6 Å². The molecule has 0 saturated carbocycles. The maximum Gasteiger partial charge on any atom is 0.253 e. The largest absolute Gasteiger partial charge is 0.479 e. The molecule has 2 saturated heterocycles. The molecule has 178 valence electrons. The molecule has 4 heterocycles. The number of aromatic nitrogens is 2. The quantitative estimate of drug-likeness (QED) is 0.505. The van der Waals surface area contributed by atoms with E-state index in [0.717, 1.165) is 11.3 Å². The van der Waals surface area contributed by atoms with Gasteiger partial charge in [0.1, 0.15) is 11.2 Å². The van der Waals surface area contributed by atoms with E-state index in [1.54, 1.807) is 12.2 Å². The van der Waals surface area contributed by atoms with Crippen molar-refractivity contribution in [3.8, 4) is 5.88 Å². The molecule has 0 aromatic carbocycles. The number of amides is 3. The summed E-state index contributed by atoms with van der Waals surface area (Å²) in [5, 5.41) is 3.07. The summed E-state index contributed by atoms with van der Waals surface area (Å²) >= 11 is 1.15. The molecule has 3 aliphatic rings. The summed E-state index contributed by atoms with van der Waals surface area (Å²) in [4.78, 5) is 48.2. The van der Waals surface area contributed by atoms with Crippen LogP contribution in [-0.4, -0.2) is 66.0 Å². The highest BCUT2D eigenvalue weighted by atomic mass is 32.1. The predicted octanol–water partition coefficient (Wildman–Crippen LogP) is 2.37. The van der Waals surface area contributed by atoms with E-state index in [4.69, 9.17) is 9.47 Å². The summed E-state index contributed by atoms with van der Waals surface area (Å²) < 4.78 is 26.0. The monoisotopic (exact) mass is 487 g/mol. The van der Waals surface area contributed by atoms with Gasteiger partial charge >= 0.3 is 0 Å². The molecule has 1 N–H and O–H groups in total. The number of nitrogens with one attached hydrogen (secondary N) is 1. The van der Waals surface area contributed by atoms with Crippen molar-refractivity contribution in [3.05, 3.63) is 29.4 Å². The standard InChI is InChI=1S/C22H22FN5O5S/c1-32-21-16-18(17(19(23)25-21)27-8-10-33-11-9-27)34-22(24-16)26-20(31)12-2-4-13(5-3-12)28-14(29)6-7-15(28)30/h2,4H,3,5-11H2,1H3,(H,24,26,31). The first-order valence-electron chi connectivity index (χ1n) is 10.9. The number of anilines is 2. The molecule has 2 fully saturated rings. The summed E-state index contributed by atoms with van der Waals surface area (Å²) in [6, 6.07) is 0. The molecule has 0 atom stereocenters. The van der Waals surface area contributed by atoms with E-state index < -0.39 is 5.95 Å². The lowest BCUT2D eigenvalue weighted by Crippen LogP contribution is -2.37. The molecule has 1 aliphatic carbocycles. The van der Waals surface area contributed by atoms with E-state index in [2.05, 4.69) is 15.3 Å². The highest BCUT2D eigenvalue weighted by Gasteiger charge is 2.32. The van der Waals surface area contributed by atoms with E-state index in [9.17, 15) is 18.8 Å². The Labute approximate surface area is 198 Å². The fraction of sp³-hybridized carbons (Fsp3) is 0.409. The molecule has 5 rings (SSSR count). The van der Waals surface area contributed by atoms with E-state index in [1.807, 2.05) is 4.90 Å². The molecule has 34 heavy (non-hydrogen) atoms. The van der Waals surface area contributed by atoms with Gasteiger partial charge in [-0.15, -0.1) is 0 Å². The van der Waals surface area contributed by atoms with Crippen LogP contribution in [0.2, 0.25) is 0 Å². The van der Waals surface area contributed by atoms with Crippen LogP contribution in [0.3, 0.4) is 0 Å². The number of allylic oxidation sites excluding steroid dienone is 3. The number of fused-ring (bicyclic) bond motifs is 1. The third-order valence-corrected chi connectivity index (χ3v) is 6.92. The van der Waals surface area contributed by atoms with Crippen molar-refractivity contribution in [1.82, 2.24) is 14.9 Å². The van der Waals surface area contributed by atoms with Crippen LogP contribution in [-0.2, 0) is 19.1 Å². The van der Waals surface area contributed by atoms with Crippen molar-refractivity contribution >= 4 is 50.1 Å². The van der Waals surface area contributed by atoms with E-state index in [1.165, 1.54) is 12.0 Å². The van der Waals surface area contributed by atoms with Crippen LogP contribution >= 0.6 is 11.3 Å². The van der Waals surface area contributed by atoms with Crippen LogP contribution in [0.4, 0.5) is 15.2 Å². The van der Waals surface area contributed by atoms with Crippen molar-refractivity contribution in [2.45, 2.75) is 25.7 Å². The number of nitrogens with zero attached hydrogens (tertiary/aromatic N) is 4. The molecule has 10 nitrogen and oxygen atoms in total. The van der Waals surface area contributed by atoms with Crippen LogP contribution in [0.25, 0.3) is 10.2 Å². The van der Waals surface area contributed by atoms with Gasteiger partial charge in [0.25, 0.3) is 5.91 Å². The van der Waals surface area contributed by atoms with Crippen LogP contribution < -0.4 is 15.0 Å². The first-order valence-corrected chi connectivity index (χ1v) is 11.7. The van der Waals surface area contributed by atoms with Gasteiger partial charge < -0.3 is 14.4 Å². The van der Waals surface area contributed by atoms with Crippen molar-refractivity contribution in [2.24, 2.45) is 0 Å². The number of ether oxygens (including phenoxy) is 2. The van der Waals surface area contributed by atoms with Gasteiger partial charge in [0.05, 0.1) is 25.0 Å². The fourth-order valence-corrected chi connectivity index (χ4v) is 5.26. The molecule has 0 bridgehead atoms. The highest BCUT2D eigenvalue weighted by Crippen LogP contribution is 2.40. The second-order valence-corrected chi connectivity index (χ2v) is 8.98. The lowest BCUT2D eigenvalue weighted by molar-refractivity contribution is -0.136. The summed E-state index contributed by atoms with van der Waals surface area (Å²) in [6.07, 6.45) is 4.46. The number of morpholine rings is 1. The Kier molecular flexibility index (Phi) is 6.00. The number of hydrogen-bond acceptors (Lipinski definition) is 9. The lowest BCUT2D eigenvalue weighted by Gasteiger charge is -2.29. The Bertz CT molecular complexity index is 1230. The first kappa shape index (κ1) is 22.4. The van der Waals surface area contributed by atoms with Crippen molar-refractivity contribution < 1.29 is 28.2 Å². The number of methoxy groups -OCH3 is 1. The Balaban J connectivity index is 1.40. The Morgan fingerprint density at radius 1 is 1.12 bits per heavy atom. The van der Waals surface area contributed by atoms with Crippen molar-refractivity contribution in [1.29, 1.82) is 0 Å². The number of halogens is 1. The zero-order valence-corrected chi connectivity index (χ0v) is 19.2.